The molecule has 0 spiro atoms. The van der Waals surface area contributed by atoms with Crippen LogP contribution in [0.25, 0.3) is 6.08 Å². The van der Waals surface area contributed by atoms with E-state index in [2.05, 4.69) is 12.6 Å². The molecule has 24 heavy (non-hydrogen) atoms. The maximum absolute atomic E-state index is 12.1. The van der Waals surface area contributed by atoms with E-state index in [0.717, 1.165) is 10.5 Å². The number of phenolic OH excluding ortho intramolecular Hbond substituents is 1. The Bertz CT molecular complexity index is 626. The Hall–Kier alpha value is -2.27. The fourth-order valence-electron chi connectivity index (χ4n) is 2.02. The highest BCUT2D eigenvalue weighted by Gasteiger charge is 2.15. The number of carbonyl (C=O) groups excluding carboxylic acids is 2. The molecule has 1 N–H and O–H groups in total. The largest absolute Gasteiger partial charge is 0.507 e. The topological polar surface area (TPSA) is 63.6 Å². The van der Waals surface area contributed by atoms with Crippen LogP contribution in [0.1, 0.15) is 32.8 Å². The van der Waals surface area contributed by atoms with Gasteiger partial charge in [-0.15, -0.1) is 12.6 Å². The Labute approximate surface area is 148 Å². The molecule has 1 rings (SSSR count). The van der Waals surface area contributed by atoms with Gasteiger partial charge in [-0.05, 0) is 42.9 Å². The zero-order valence-electron chi connectivity index (χ0n) is 14.3. The van der Waals surface area contributed by atoms with Gasteiger partial charge in [0, 0.05) is 5.56 Å². The van der Waals surface area contributed by atoms with Crippen molar-refractivity contribution in [1.29, 1.82) is 0 Å². The molecule has 0 atom stereocenters. The highest BCUT2D eigenvalue weighted by molar-refractivity contribution is 7.84. The third kappa shape index (κ3) is 6.87. The third-order valence-electron chi connectivity index (χ3n) is 3.09. The second-order valence-electron chi connectivity index (χ2n) is 4.64. The van der Waals surface area contributed by atoms with Crippen molar-refractivity contribution in [3.63, 3.8) is 0 Å². The van der Waals surface area contributed by atoms with E-state index in [4.69, 9.17) is 9.53 Å². The molecule has 0 unspecified atom stereocenters. The number of para-hydroxylation sites is 1. The molecule has 1 aromatic rings. The number of esters is 1. The van der Waals surface area contributed by atoms with Crippen LogP contribution in [0.2, 0.25) is 0 Å². The number of rotatable bonds is 6. The number of phenols is 1. The molecule has 0 aliphatic heterocycles. The Morgan fingerprint density at radius 2 is 1.92 bits per heavy atom. The number of ether oxygens (including phenoxy) is 1. The molecule has 0 saturated carbocycles. The Kier molecular flexibility index (Phi) is 11.0. The van der Waals surface area contributed by atoms with Gasteiger partial charge < -0.3 is 14.6 Å². The van der Waals surface area contributed by atoms with E-state index >= 15 is 0 Å². The van der Waals surface area contributed by atoms with Gasteiger partial charge in [-0.25, -0.2) is 4.79 Å². The third-order valence-corrected chi connectivity index (χ3v) is 3.36. The van der Waals surface area contributed by atoms with E-state index in [0.29, 0.717) is 24.2 Å². The van der Waals surface area contributed by atoms with Crippen LogP contribution in [0, 0.1) is 0 Å². The summed E-state index contributed by atoms with van der Waals surface area (Å²) in [6.07, 6.45) is 5.86. The van der Waals surface area contributed by atoms with Crippen molar-refractivity contribution in [1.82, 2.24) is 0 Å². The molecule has 0 amide bonds. The molecular formula is C19H24O4S. The molecule has 0 aliphatic rings. The van der Waals surface area contributed by atoms with E-state index in [9.17, 15) is 9.90 Å². The van der Waals surface area contributed by atoms with Crippen molar-refractivity contribution in [2.24, 2.45) is 0 Å². The zero-order valence-corrected chi connectivity index (χ0v) is 15.2. The first kappa shape index (κ1) is 21.7. The Morgan fingerprint density at radius 1 is 1.29 bits per heavy atom. The fourth-order valence-corrected chi connectivity index (χ4v) is 2.30. The van der Waals surface area contributed by atoms with Crippen LogP contribution < -0.4 is 0 Å². The molecule has 1 aromatic carbocycles. The lowest BCUT2D eigenvalue weighted by molar-refractivity contribution is -0.138. The smallest absolute Gasteiger partial charge is 0.338 e. The van der Waals surface area contributed by atoms with Crippen molar-refractivity contribution in [2.45, 2.75) is 27.2 Å². The molecule has 0 heterocycles. The molecule has 0 radical (unpaired) electrons. The number of benzene rings is 1. The predicted molar refractivity (Wildman–Crippen MR) is 101 cm³/mol. The number of allylic oxidation sites excluding steroid dienone is 3. The van der Waals surface area contributed by atoms with Gasteiger partial charge in [0.2, 0.25) is 0 Å². The van der Waals surface area contributed by atoms with Gasteiger partial charge in [0.05, 0.1) is 12.2 Å². The number of hydrogen-bond donors (Lipinski definition) is 2. The quantitative estimate of drug-likeness (QED) is 0.348. The summed E-state index contributed by atoms with van der Waals surface area (Å²) in [5.41, 5.74) is 2.03. The highest BCUT2D eigenvalue weighted by Crippen LogP contribution is 2.23. The lowest BCUT2D eigenvalue weighted by Crippen LogP contribution is -2.10. The summed E-state index contributed by atoms with van der Waals surface area (Å²) in [6.45, 7) is 7.91. The van der Waals surface area contributed by atoms with Crippen molar-refractivity contribution in [3.05, 3.63) is 58.0 Å². The van der Waals surface area contributed by atoms with Crippen LogP contribution in [0.5, 0.6) is 5.75 Å². The van der Waals surface area contributed by atoms with Crippen LogP contribution >= 0.6 is 12.6 Å². The first-order valence-corrected chi connectivity index (χ1v) is 7.97. The molecule has 0 aromatic heterocycles. The fraction of sp³-hybridized carbons (Fsp3) is 0.263. The van der Waals surface area contributed by atoms with Gasteiger partial charge in [-0.2, -0.15) is 0 Å². The van der Waals surface area contributed by atoms with Gasteiger partial charge in [-0.3, -0.25) is 0 Å². The lowest BCUT2D eigenvalue weighted by atomic mass is 10.0. The average molecular weight is 348 g/mol. The molecule has 4 nitrogen and oxygen atoms in total. The predicted octanol–water partition coefficient (Wildman–Crippen LogP) is 4.32. The van der Waals surface area contributed by atoms with Gasteiger partial charge in [-0.1, -0.05) is 37.3 Å². The first-order valence-electron chi connectivity index (χ1n) is 7.52. The molecule has 130 valence electrons. The van der Waals surface area contributed by atoms with E-state index in [1.165, 1.54) is 0 Å². The van der Waals surface area contributed by atoms with Gasteiger partial charge in [0.1, 0.15) is 12.5 Å². The molecule has 0 bridgehead atoms. The molecule has 5 heteroatoms. The SMILES string of the molecule is C=O.CCOC(=O)C(=C\C=C\c1ccccc1O)/C(CC)=C(/C)S. The maximum Gasteiger partial charge on any atom is 0.338 e. The number of carbonyl (C=O) groups is 2. The van der Waals surface area contributed by atoms with Gasteiger partial charge >= 0.3 is 5.97 Å². The van der Waals surface area contributed by atoms with E-state index in [-0.39, 0.29) is 11.7 Å². The minimum absolute atomic E-state index is 0.196. The second-order valence-corrected chi connectivity index (χ2v) is 5.31. The zero-order chi connectivity index (χ0) is 18.5. The number of thiol groups is 1. The van der Waals surface area contributed by atoms with E-state index in [1.807, 2.05) is 26.7 Å². The summed E-state index contributed by atoms with van der Waals surface area (Å²) >= 11 is 4.35. The summed E-state index contributed by atoms with van der Waals surface area (Å²) < 4.78 is 5.10. The molecule has 0 aliphatic carbocycles. The summed E-state index contributed by atoms with van der Waals surface area (Å²) in [5, 5.41) is 9.73. The van der Waals surface area contributed by atoms with Crippen molar-refractivity contribution >= 4 is 31.5 Å². The minimum atomic E-state index is -0.366. The van der Waals surface area contributed by atoms with Crippen molar-refractivity contribution in [2.75, 3.05) is 6.61 Å². The van der Waals surface area contributed by atoms with Crippen LogP contribution in [0.3, 0.4) is 0 Å². The van der Waals surface area contributed by atoms with Crippen LogP contribution in [0.4, 0.5) is 0 Å². The van der Waals surface area contributed by atoms with Crippen LogP contribution in [-0.4, -0.2) is 24.5 Å². The standard InChI is InChI=1S/C18H22O3S.CH2O/c1-4-15(13(3)22)16(18(20)21-5-2)11-8-10-14-9-6-7-12-17(14)19;1-2/h6-12,19,22H,4-5H2,1-3H3;1H2/b10-8+,15-13-,16-11-;. The molecular weight excluding hydrogens is 324 g/mol. The second kappa shape index (κ2) is 12.2. The number of aromatic hydroxyl groups is 1. The summed E-state index contributed by atoms with van der Waals surface area (Å²) in [6, 6.07) is 7.01. The lowest BCUT2D eigenvalue weighted by Gasteiger charge is -2.10. The average Bonchev–Trinajstić information content (AvgIpc) is 2.57. The minimum Gasteiger partial charge on any atom is -0.507 e. The Morgan fingerprint density at radius 3 is 2.42 bits per heavy atom. The van der Waals surface area contributed by atoms with Crippen molar-refractivity contribution in [3.8, 4) is 5.75 Å². The number of hydrogen-bond acceptors (Lipinski definition) is 5. The summed E-state index contributed by atoms with van der Waals surface area (Å²) in [5.74, 6) is -0.170. The van der Waals surface area contributed by atoms with Gasteiger partial charge in [0.25, 0.3) is 0 Å². The first-order chi connectivity index (χ1) is 11.5. The molecule has 0 fully saturated rings. The highest BCUT2D eigenvalue weighted by atomic mass is 32.1. The van der Waals surface area contributed by atoms with Gasteiger partial charge in [0.15, 0.2) is 0 Å². The van der Waals surface area contributed by atoms with Crippen LogP contribution in [0.15, 0.2) is 52.5 Å². The summed E-state index contributed by atoms with van der Waals surface area (Å²) in [7, 11) is 0. The Balaban J connectivity index is 0.00000254. The van der Waals surface area contributed by atoms with E-state index < -0.39 is 0 Å². The van der Waals surface area contributed by atoms with E-state index in [1.54, 1.807) is 43.4 Å². The monoisotopic (exact) mass is 348 g/mol. The van der Waals surface area contributed by atoms with Crippen molar-refractivity contribution < 1.29 is 19.4 Å². The van der Waals surface area contributed by atoms with Crippen LogP contribution in [-0.2, 0) is 14.3 Å². The normalized spacial score (nSPS) is 12.2. The molecule has 0 saturated heterocycles. The summed E-state index contributed by atoms with van der Waals surface area (Å²) in [4.78, 5) is 20.9. The maximum atomic E-state index is 12.1.